The fourth-order valence-corrected chi connectivity index (χ4v) is 2.83. The van der Waals surface area contributed by atoms with Crippen molar-refractivity contribution >= 4 is 35.0 Å². The summed E-state index contributed by atoms with van der Waals surface area (Å²) in [4.78, 5) is 13.1. The van der Waals surface area contributed by atoms with E-state index in [9.17, 15) is 4.79 Å². The quantitative estimate of drug-likeness (QED) is 0.771. The Balaban J connectivity index is 1.90. The molecule has 5 heteroatoms. The lowest BCUT2D eigenvalue weighted by molar-refractivity contribution is -0.115. The molecule has 0 fully saturated rings. The molecule has 1 atom stereocenters. The third-order valence-electron chi connectivity index (χ3n) is 3.30. The largest absolute Gasteiger partial charge is 0.324 e. The summed E-state index contributed by atoms with van der Waals surface area (Å²) in [6, 6.07) is 15.5. The summed E-state index contributed by atoms with van der Waals surface area (Å²) in [6.45, 7) is 2.26. The molecule has 2 aromatic rings. The van der Waals surface area contributed by atoms with Gasteiger partial charge in [0, 0.05) is 16.0 Å². The highest BCUT2D eigenvalue weighted by atomic mass is 35.5. The van der Waals surface area contributed by atoms with Gasteiger partial charge in [-0.2, -0.15) is 0 Å². The van der Waals surface area contributed by atoms with E-state index in [-0.39, 0.29) is 18.5 Å². The summed E-state index contributed by atoms with van der Waals surface area (Å²) < 4.78 is 0. The number of carbonyl (C=O) groups is 1. The first-order chi connectivity index (χ1) is 10.6. The molecule has 0 bridgehead atoms. The number of amides is 1. The van der Waals surface area contributed by atoms with Crippen molar-refractivity contribution in [1.29, 1.82) is 0 Å². The van der Waals surface area contributed by atoms with E-state index >= 15 is 0 Å². The minimum absolute atomic E-state index is 0.0558. The van der Waals surface area contributed by atoms with E-state index in [2.05, 4.69) is 10.6 Å². The van der Waals surface area contributed by atoms with Gasteiger partial charge in [-0.15, -0.1) is 11.8 Å². The Hall–Kier alpha value is -1.49. The number of halogens is 1. The normalized spacial score (nSPS) is 12.0. The summed E-state index contributed by atoms with van der Waals surface area (Å²) in [6.07, 6.45) is 1.99. The first-order valence-electron chi connectivity index (χ1n) is 7.02. The zero-order chi connectivity index (χ0) is 15.9. The lowest BCUT2D eigenvalue weighted by Crippen LogP contribution is -2.30. The van der Waals surface area contributed by atoms with Crippen LogP contribution in [-0.2, 0) is 4.79 Å². The number of para-hydroxylation sites is 1. The molecule has 3 nitrogen and oxygen atoms in total. The van der Waals surface area contributed by atoms with Crippen molar-refractivity contribution in [3.8, 4) is 0 Å². The number of anilines is 1. The van der Waals surface area contributed by atoms with Crippen molar-refractivity contribution in [2.45, 2.75) is 17.9 Å². The van der Waals surface area contributed by atoms with Gasteiger partial charge in [-0.1, -0.05) is 35.9 Å². The smallest absolute Gasteiger partial charge is 0.238 e. The molecular formula is C17H19ClN2OS. The number of carbonyl (C=O) groups excluding carboxylic acids is 1. The van der Waals surface area contributed by atoms with Crippen molar-refractivity contribution in [1.82, 2.24) is 5.32 Å². The molecule has 0 saturated carbocycles. The van der Waals surface area contributed by atoms with Crippen molar-refractivity contribution in [3.05, 3.63) is 59.1 Å². The Kier molecular flexibility index (Phi) is 6.31. The second-order valence-electron chi connectivity index (χ2n) is 4.91. The molecule has 116 valence electrons. The van der Waals surface area contributed by atoms with E-state index in [0.29, 0.717) is 5.02 Å². The molecule has 2 N–H and O–H groups in total. The topological polar surface area (TPSA) is 41.1 Å². The zero-order valence-electron chi connectivity index (χ0n) is 12.6. The molecule has 0 aliphatic rings. The molecule has 0 radical (unpaired) electrons. The zero-order valence-corrected chi connectivity index (χ0v) is 14.2. The average Bonchev–Trinajstić information content (AvgIpc) is 2.53. The maximum Gasteiger partial charge on any atom is 0.238 e. The van der Waals surface area contributed by atoms with Gasteiger partial charge in [-0.25, -0.2) is 0 Å². The maximum atomic E-state index is 12.1. The molecule has 2 aromatic carbocycles. The monoisotopic (exact) mass is 334 g/mol. The predicted molar refractivity (Wildman–Crippen MR) is 94.7 cm³/mol. The van der Waals surface area contributed by atoms with Gasteiger partial charge >= 0.3 is 0 Å². The van der Waals surface area contributed by atoms with Crippen molar-refractivity contribution in [2.24, 2.45) is 0 Å². The number of rotatable bonds is 6. The third kappa shape index (κ3) is 4.77. The Labute approximate surface area is 140 Å². The van der Waals surface area contributed by atoms with E-state index < -0.39 is 0 Å². The standard InChI is InChI=1S/C17H19ClN2OS/c1-12(13-6-5-7-14(18)10-13)19-11-17(21)20-15-8-3-4-9-16(15)22-2/h3-10,12,19H,11H2,1-2H3,(H,20,21)/t12-/m1/s1. The summed E-state index contributed by atoms with van der Waals surface area (Å²) in [5.41, 5.74) is 1.90. The molecule has 0 unspecified atom stereocenters. The molecule has 0 heterocycles. The van der Waals surface area contributed by atoms with Gasteiger partial charge in [0.1, 0.15) is 0 Å². The van der Waals surface area contributed by atoms with Crippen LogP contribution >= 0.6 is 23.4 Å². The fraction of sp³-hybridized carbons (Fsp3) is 0.235. The highest BCUT2D eigenvalue weighted by Gasteiger charge is 2.09. The predicted octanol–water partition coefficient (Wildman–Crippen LogP) is 4.35. The van der Waals surface area contributed by atoms with Crippen LogP contribution in [0.4, 0.5) is 5.69 Å². The summed E-state index contributed by atoms with van der Waals surface area (Å²) in [5, 5.41) is 6.84. The minimum atomic E-state index is -0.0598. The Morgan fingerprint density at radius 3 is 2.73 bits per heavy atom. The fourth-order valence-electron chi connectivity index (χ4n) is 2.08. The first-order valence-corrected chi connectivity index (χ1v) is 8.62. The molecule has 2 rings (SSSR count). The number of nitrogens with one attached hydrogen (secondary N) is 2. The van der Waals surface area contributed by atoms with Crippen LogP contribution in [0.15, 0.2) is 53.4 Å². The van der Waals surface area contributed by atoms with Crippen LogP contribution in [0.2, 0.25) is 5.02 Å². The van der Waals surface area contributed by atoms with Crippen LogP contribution in [0.5, 0.6) is 0 Å². The lowest BCUT2D eigenvalue weighted by atomic mass is 10.1. The SMILES string of the molecule is CSc1ccccc1NC(=O)CN[C@H](C)c1cccc(Cl)c1. The van der Waals surface area contributed by atoms with Crippen LogP contribution in [0, 0.1) is 0 Å². The second-order valence-corrected chi connectivity index (χ2v) is 6.19. The van der Waals surface area contributed by atoms with Crippen LogP contribution in [-0.4, -0.2) is 18.7 Å². The van der Waals surface area contributed by atoms with Crippen LogP contribution in [0.3, 0.4) is 0 Å². The highest BCUT2D eigenvalue weighted by Crippen LogP contribution is 2.24. The third-order valence-corrected chi connectivity index (χ3v) is 4.33. The summed E-state index contributed by atoms with van der Waals surface area (Å²) in [5.74, 6) is -0.0598. The van der Waals surface area contributed by atoms with E-state index in [1.165, 1.54) is 0 Å². The Bertz CT molecular complexity index is 648. The molecule has 0 aliphatic heterocycles. The molecule has 0 aliphatic carbocycles. The summed E-state index contributed by atoms with van der Waals surface area (Å²) in [7, 11) is 0. The van der Waals surface area contributed by atoms with E-state index in [1.54, 1.807) is 11.8 Å². The van der Waals surface area contributed by atoms with Crippen LogP contribution < -0.4 is 10.6 Å². The molecule has 0 spiro atoms. The van der Waals surface area contributed by atoms with Crippen molar-refractivity contribution in [3.63, 3.8) is 0 Å². The molecule has 0 saturated heterocycles. The average molecular weight is 335 g/mol. The van der Waals surface area contributed by atoms with Gasteiger partial charge < -0.3 is 10.6 Å². The summed E-state index contributed by atoms with van der Waals surface area (Å²) >= 11 is 7.59. The van der Waals surface area contributed by atoms with E-state index in [1.807, 2.05) is 61.7 Å². The second kappa shape index (κ2) is 8.22. The van der Waals surface area contributed by atoms with Gasteiger partial charge in [-0.05, 0) is 43.0 Å². The number of hydrogen-bond acceptors (Lipinski definition) is 3. The molecule has 1 amide bonds. The Morgan fingerprint density at radius 2 is 2.00 bits per heavy atom. The van der Waals surface area contributed by atoms with Gasteiger partial charge in [0.15, 0.2) is 0 Å². The lowest BCUT2D eigenvalue weighted by Gasteiger charge is -2.15. The molecule has 22 heavy (non-hydrogen) atoms. The molecule has 0 aromatic heterocycles. The van der Waals surface area contributed by atoms with Crippen molar-refractivity contribution < 1.29 is 4.79 Å². The van der Waals surface area contributed by atoms with Crippen LogP contribution in [0.1, 0.15) is 18.5 Å². The highest BCUT2D eigenvalue weighted by molar-refractivity contribution is 7.98. The number of hydrogen-bond donors (Lipinski definition) is 2. The van der Waals surface area contributed by atoms with Gasteiger partial charge in [0.25, 0.3) is 0 Å². The molecular weight excluding hydrogens is 316 g/mol. The minimum Gasteiger partial charge on any atom is -0.324 e. The number of benzene rings is 2. The van der Waals surface area contributed by atoms with Crippen molar-refractivity contribution in [2.75, 3.05) is 18.1 Å². The van der Waals surface area contributed by atoms with Crippen LogP contribution in [0.25, 0.3) is 0 Å². The maximum absolute atomic E-state index is 12.1. The van der Waals surface area contributed by atoms with Gasteiger partial charge in [-0.3, -0.25) is 4.79 Å². The van der Waals surface area contributed by atoms with E-state index in [0.717, 1.165) is 16.1 Å². The van der Waals surface area contributed by atoms with Gasteiger partial charge in [0.05, 0.1) is 12.2 Å². The van der Waals surface area contributed by atoms with E-state index in [4.69, 9.17) is 11.6 Å². The van der Waals surface area contributed by atoms with Gasteiger partial charge in [0.2, 0.25) is 5.91 Å². The first kappa shape index (κ1) is 16.9. The number of thioether (sulfide) groups is 1. The Morgan fingerprint density at radius 1 is 1.23 bits per heavy atom.